The molecular weight excluding hydrogens is 210 g/mol. The first-order valence-corrected chi connectivity index (χ1v) is 4.37. The second kappa shape index (κ2) is 3.55. The van der Waals surface area contributed by atoms with Crippen LogP contribution < -0.4 is 0 Å². The van der Waals surface area contributed by atoms with Gasteiger partial charge in [-0.3, -0.25) is 0 Å². The maximum atomic E-state index is 11.4. The average molecular weight is 217 g/mol. The van der Waals surface area contributed by atoms with Crippen molar-refractivity contribution >= 4 is 11.5 Å². The van der Waals surface area contributed by atoms with Gasteiger partial charge in [0.05, 0.1) is 18.8 Å². The van der Waals surface area contributed by atoms with E-state index in [0.717, 1.165) is 0 Å². The zero-order chi connectivity index (χ0) is 11.7. The highest BCUT2D eigenvalue weighted by molar-refractivity contribution is 5.96. The molecule has 0 saturated carbocycles. The molecule has 0 aromatic carbocycles. The second-order valence-corrected chi connectivity index (χ2v) is 3.03. The number of pyridine rings is 1. The number of aromatic hydroxyl groups is 1. The molecule has 6 heteroatoms. The summed E-state index contributed by atoms with van der Waals surface area (Å²) < 4.78 is 5.76. The van der Waals surface area contributed by atoms with Crippen molar-refractivity contribution in [3.8, 4) is 11.8 Å². The van der Waals surface area contributed by atoms with Gasteiger partial charge in [0.25, 0.3) is 0 Å². The Bertz CT molecular complexity index is 610. The SMILES string of the molecule is COC(=O)c1cnn2c(C#N)c(O)ccc12. The van der Waals surface area contributed by atoms with Gasteiger partial charge in [-0.1, -0.05) is 0 Å². The number of esters is 1. The molecule has 0 spiro atoms. The summed E-state index contributed by atoms with van der Waals surface area (Å²) in [7, 11) is 1.26. The molecule has 0 amide bonds. The van der Waals surface area contributed by atoms with Crippen LogP contribution in [-0.2, 0) is 4.74 Å². The number of aromatic nitrogens is 2. The number of ether oxygens (including phenoxy) is 1. The lowest BCUT2D eigenvalue weighted by Gasteiger charge is -2.00. The van der Waals surface area contributed by atoms with E-state index in [1.165, 1.54) is 30.0 Å². The third kappa shape index (κ3) is 1.26. The van der Waals surface area contributed by atoms with Gasteiger partial charge in [0.2, 0.25) is 0 Å². The minimum Gasteiger partial charge on any atom is -0.505 e. The van der Waals surface area contributed by atoms with E-state index in [9.17, 15) is 9.90 Å². The summed E-state index contributed by atoms with van der Waals surface area (Å²) >= 11 is 0. The van der Waals surface area contributed by atoms with E-state index < -0.39 is 5.97 Å². The monoisotopic (exact) mass is 217 g/mol. The molecule has 0 aliphatic heterocycles. The van der Waals surface area contributed by atoms with E-state index in [1.54, 1.807) is 6.07 Å². The molecule has 1 N–H and O–H groups in total. The Morgan fingerprint density at radius 3 is 3.00 bits per heavy atom. The Morgan fingerprint density at radius 1 is 1.62 bits per heavy atom. The zero-order valence-electron chi connectivity index (χ0n) is 8.34. The van der Waals surface area contributed by atoms with Crippen molar-refractivity contribution in [2.45, 2.75) is 0 Å². The van der Waals surface area contributed by atoms with Crippen molar-refractivity contribution in [2.24, 2.45) is 0 Å². The van der Waals surface area contributed by atoms with Crippen LogP contribution >= 0.6 is 0 Å². The molecule has 0 fully saturated rings. The normalized spacial score (nSPS) is 10.0. The standard InChI is InChI=1S/C10H7N3O3/c1-16-10(15)6-5-12-13-7(6)2-3-9(14)8(13)4-11/h2-3,5,14H,1H3. The van der Waals surface area contributed by atoms with Gasteiger partial charge in [-0.2, -0.15) is 10.4 Å². The van der Waals surface area contributed by atoms with Crippen LogP contribution in [0.5, 0.6) is 5.75 Å². The second-order valence-electron chi connectivity index (χ2n) is 3.03. The summed E-state index contributed by atoms with van der Waals surface area (Å²) in [6.45, 7) is 0. The van der Waals surface area contributed by atoms with Crippen LogP contribution in [0.25, 0.3) is 5.52 Å². The molecule has 2 aromatic heterocycles. The molecule has 0 bridgehead atoms. The van der Waals surface area contributed by atoms with Crippen molar-refractivity contribution < 1.29 is 14.6 Å². The molecular formula is C10H7N3O3. The highest BCUT2D eigenvalue weighted by Crippen LogP contribution is 2.20. The third-order valence-electron chi connectivity index (χ3n) is 2.17. The largest absolute Gasteiger partial charge is 0.505 e. The van der Waals surface area contributed by atoms with Gasteiger partial charge in [0, 0.05) is 0 Å². The summed E-state index contributed by atoms with van der Waals surface area (Å²) in [5, 5.41) is 22.1. The number of hydrogen-bond acceptors (Lipinski definition) is 5. The van der Waals surface area contributed by atoms with Crippen LogP contribution in [-0.4, -0.2) is 27.8 Å². The van der Waals surface area contributed by atoms with E-state index in [4.69, 9.17) is 5.26 Å². The molecule has 0 saturated heterocycles. The summed E-state index contributed by atoms with van der Waals surface area (Å²) in [6.07, 6.45) is 1.29. The van der Waals surface area contributed by atoms with Crippen molar-refractivity contribution in [3.63, 3.8) is 0 Å². The highest BCUT2D eigenvalue weighted by Gasteiger charge is 2.16. The van der Waals surface area contributed by atoms with Crippen LogP contribution in [0.4, 0.5) is 0 Å². The first-order valence-electron chi connectivity index (χ1n) is 4.37. The fourth-order valence-electron chi connectivity index (χ4n) is 1.41. The predicted molar refractivity (Wildman–Crippen MR) is 52.9 cm³/mol. The van der Waals surface area contributed by atoms with Crippen molar-refractivity contribution in [1.82, 2.24) is 9.61 Å². The van der Waals surface area contributed by atoms with Gasteiger partial charge >= 0.3 is 5.97 Å². The van der Waals surface area contributed by atoms with Gasteiger partial charge < -0.3 is 9.84 Å². The molecule has 0 aliphatic rings. The van der Waals surface area contributed by atoms with Crippen LogP contribution in [0.15, 0.2) is 18.3 Å². The molecule has 16 heavy (non-hydrogen) atoms. The molecule has 0 unspecified atom stereocenters. The summed E-state index contributed by atoms with van der Waals surface area (Å²) in [4.78, 5) is 11.4. The van der Waals surface area contributed by atoms with Crippen molar-refractivity contribution in [3.05, 3.63) is 29.6 Å². The van der Waals surface area contributed by atoms with Crippen LogP contribution in [0.2, 0.25) is 0 Å². The Morgan fingerprint density at radius 2 is 2.38 bits per heavy atom. The van der Waals surface area contributed by atoms with Gasteiger partial charge in [0.1, 0.15) is 11.6 Å². The van der Waals surface area contributed by atoms with E-state index in [0.29, 0.717) is 5.52 Å². The molecule has 0 aliphatic carbocycles. The number of rotatable bonds is 1. The minimum absolute atomic E-state index is 0.0207. The Hall–Kier alpha value is -2.55. The summed E-state index contributed by atoms with van der Waals surface area (Å²) in [5.41, 5.74) is 0.646. The zero-order valence-corrected chi connectivity index (χ0v) is 8.34. The number of carbonyl (C=O) groups excluding carboxylic acids is 1. The van der Waals surface area contributed by atoms with E-state index in [-0.39, 0.29) is 17.0 Å². The van der Waals surface area contributed by atoms with Gasteiger partial charge in [0.15, 0.2) is 11.4 Å². The Balaban J connectivity index is 2.77. The summed E-state index contributed by atoms with van der Waals surface area (Å²) in [6, 6.07) is 4.64. The van der Waals surface area contributed by atoms with E-state index in [2.05, 4.69) is 9.84 Å². The number of hydrogen-bond donors (Lipinski definition) is 1. The number of nitrogens with zero attached hydrogens (tertiary/aromatic N) is 3. The van der Waals surface area contributed by atoms with E-state index >= 15 is 0 Å². The molecule has 2 aromatic rings. The average Bonchev–Trinajstić information content (AvgIpc) is 2.71. The lowest BCUT2D eigenvalue weighted by Crippen LogP contribution is -2.01. The number of carbonyl (C=O) groups is 1. The van der Waals surface area contributed by atoms with Crippen molar-refractivity contribution in [2.75, 3.05) is 7.11 Å². The van der Waals surface area contributed by atoms with Gasteiger partial charge in [-0.25, -0.2) is 9.31 Å². The topological polar surface area (TPSA) is 87.6 Å². The van der Waals surface area contributed by atoms with Crippen LogP contribution in [0.3, 0.4) is 0 Å². The molecule has 80 valence electrons. The molecule has 2 rings (SSSR count). The molecule has 0 radical (unpaired) electrons. The van der Waals surface area contributed by atoms with Crippen LogP contribution in [0.1, 0.15) is 16.1 Å². The Kier molecular flexibility index (Phi) is 2.21. The fraction of sp³-hybridized carbons (Fsp3) is 0.100. The summed E-state index contributed by atoms with van der Waals surface area (Å²) in [5.74, 6) is -0.723. The Labute approximate surface area is 90.3 Å². The van der Waals surface area contributed by atoms with Gasteiger partial charge in [-0.05, 0) is 12.1 Å². The maximum absolute atomic E-state index is 11.4. The lowest BCUT2D eigenvalue weighted by atomic mass is 10.2. The fourth-order valence-corrected chi connectivity index (χ4v) is 1.41. The van der Waals surface area contributed by atoms with E-state index in [1.807, 2.05) is 0 Å². The number of methoxy groups -OCH3 is 1. The maximum Gasteiger partial charge on any atom is 0.341 e. The first kappa shape index (κ1) is 9.98. The molecule has 0 atom stereocenters. The third-order valence-corrected chi connectivity index (χ3v) is 2.17. The smallest absolute Gasteiger partial charge is 0.341 e. The van der Waals surface area contributed by atoms with Crippen molar-refractivity contribution in [1.29, 1.82) is 5.26 Å². The highest BCUT2D eigenvalue weighted by atomic mass is 16.5. The van der Waals surface area contributed by atoms with Gasteiger partial charge in [-0.15, -0.1) is 0 Å². The number of fused-ring (bicyclic) bond motifs is 1. The molecule has 2 heterocycles. The molecule has 6 nitrogen and oxygen atoms in total. The first-order chi connectivity index (χ1) is 7.69. The lowest BCUT2D eigenvalue weighted by molar-refractivity contribution is 0.0603. The number of nitriles is 1. The predicted octanol–water partition coefficient (Wildman–Crippen LogP) is 0.698. The quantitative estimate of drug-likeness (QED) is 0.710. The minimum atomic E-state index is -0.537. The van der Waals surface area contributed by atoms with Crippen LogP contribution in [0, 0.1) is 11.3 Å².